The number of alkyl halides is 1. The van der Waals surface area contributed by atoms with Crippen LogP contribution >= 0.6 is 11.6 Å². The van der Waals surface area contributed by atoms with Gasteiger partial charge in [-0.05, 0) is 18.4 Å². The fourth-order valence-corrected chi connectivity index (χ4v) is 3.40. The third-order valence-electron chi connectivity index (χ3n) is 4.39. The van der Waals surface area contributed by atoms with Crippen molar-refractivity contribution in [2.45, 2.75) is 38.8 Å². The van der Waals surface area contributed by atoms with Gasteiger partial charge in [0.25, 0.3) is 0 Å². The van der Waals surface area contributed by atoms with Crippen molar-refractivity contribution in [2.24, 2.45) is 12.5 Å². The van der Waals surface area contributed by atoms with Crippen LogP contribution in [0.3, 0.4) is 0 Å². The number of halogens is 1. The summed E-state index contributed by atoms with van der Waals surface area (Å²) in [5.74, 6) is 0.508. The second-order valence-corrected chi connectivity index (χ2v) is 6.38. The monoisotopic (exact) mass is 283 g/mol. The summed E-state index contributed by atoms with van der Waals surface area (Å²) < 4.78 is 4.42. The maximum absolute atomic E-state index is 12.2. The number of allylic oxidation sites excluding steroid dienone is 2. The van der Waals surface area contributed by atoms with Crippen LogP contribution in [0.25, 0.3) is 0 Å². The van der Waals surface area contributed by atoms with E-state index in [2.05, 4.69) is 19.9 Å². The molecule has 19 heavy (non-hydrogen) atoms. The molecule has 0 saturated heterocycles. The molecule has 1 aliphatic carbocycles. The van der Waals surface area contributed by atoms with Crippen LogP contribution in [-0.4, -0.2) is 19.8 Å². The molecule has 1 aromatic rings. The van der Waals surface area contributed by atoms with Crippen LogP contribution in [0.1, 0.15) is 38.8 Å². The highest BCUT2D eigenvalue weighted by Gasteiger charge is 2.41. The fourth-order valence-electron chi connectivity index (χ4n) is 3.25. The molecule has 2 unspecified atom stereocenters. The molecule has 0 radical (unpaired) electrons. The third kappa shape index (κ3) is 1.54. The van der Waals surface area contributed by atoms with Gasteiger partial charge in [-0.25, -0.2) is 23.5 Å². The van der Waals surface area contributed by atoms with Gasteiger partial charge in [0.15, 0.2) is 0 Å². The Kier molecular flexibility index (Phi) is 2.61. The van der Waals surface area contributed by atoms with Crippen LogP contribution < -0.4 is 11.4 Å². The average molecular weight is 284 g/mol. The highest BCUT2D eigenvalue weighted by Crippen LogP contribution is 2.46. The van der Waals surface area contributed by atoms with E-state index in [1.54, 1.807) is 9.36 Å². The van der Waals surface area contributed by atoms with Gasteiger partial charge in [-0.3, -0.25) is 0 Å². The van der Waals surface area contributed by atoms with Crippen molar-refractivity contribution >= 4 is 11.6 Å². The van der Waals surface area contributed by atoms with Crippen molar-refractivity contribution in [2.75, 3.05) is 5.88 Å². The number of nitrogens with zero attached hydrogens (tertiary/aromatic N) is 3. The second kappa shape index (κ2) is 3.88. The van der Waals surface area contributed by atoms with E-state index in [4.69, 9.17) is 11.6 Å². The van der Waals surface area contributed by atoms with E-state index in [0.29, 0.717) is 5.88 Å². The minimum Gasteiger partial charge on any atom is -0.246 e. The van der Waals surface area contributed by atoms with Crippen molar-refractivity contribution in [1.29, 1.82) is 0 Å². The van der Waals surface area contributed by atoms with Crippen LogP contribution in [0.5, 0.6) is 0 Å². The number of fused-ring (bicyclic) bond motifs is 1. The lowest BCUT2D eigenvalue weighted by Crippen LogP contribution is -2.44. The summed E-state index contributed by atoms with van der Waals surface area (Å²) in [6.07, 6.45) is 3.95. The molecule has 104 valence electrons. The Balaban J connectivity index is 2.24. The molecule has 2 atom stereocenters. The number of rotatable bonds is 2. The van der Waals surface area contributed by atoms with Gasteiger partial charge < -0.3 is 0 Å². The molecule has 0 aromatic carbocycles. The minimum absolute atomic E-state index is 0.0103. The molecular weight excluding hydrogens is 266 g/mol. The van der Waals surface area contributed by atoms with Crippen LogP contribution in [0.4, 0.5) is 0 Å². The number of aromatic nitrogens is 3. The Hall–Kier alpha value is -1.23. The molecule has 5 nitrogen and oxygen atoms in total. The van der Waals surface area contributed by atoms with Gasteiger partial charge >= 0.3 is 11.4 Å². The summed E-state index contributed by atoms with van der Waals surface area (Å²) in [5, 5.41) is 0. The van der Waals surface area contributed by atoms with Crippen molar-refractivity contribution in [1.82, 2.24) is 13.9 Å². The predicted molar refractivity (Wildman–Crippen MR) is 73.8 cm³/mol. The first-order valence-electron chi connectivity index (χ1n) is 6.56. The van der Waals surface area contributed by atoms with Crippen molar-refractivity contribution in [3.05, 3.63) is 32.6 Å². The van der Waals surface area contributed by atoms with Crippen molar-refractivity contribution < 1.29 is 0 Å². The van der Waals surface area contributed by atoms with Crippen LogP contribution in [0, 0.1) is 5.41 Å². The van der Waals surface area contributed by atoms with E-state index in [0.717, 1.165) is 12.8 Å². The highest BCUT2D eigenvalue weighted by molar-refractivity contribution is 6.18. The lowest BCUT2D eigenvalue weighted by Gasteiger charge is -2.42. The van der Waals surface area contributed by atoms with E-state index < -0.39 is 0 Å². The summed E-state index contributed by atoms with van der Waals surface area (Å²) in [7, 11) is 1.54. The molecular formula is C13H18ClN3O2. The van der Waals surface area contributed by atoms with Gasteiger partial charge in [0.1, 0.15) is 0 Å². The predicted octanol–water partition coefficient (Wildman–Crippen LogP) is 1.43. The minimum atomic E-state index is -0.226. The first-order valence-corrected chi connectivity index (χ1v) is 7.10. The van der Waals surface area contributed by atoms with Crippen molar-refractivity contribution in [3.8, 4) is 0 Å². The summed E-state index contributed by atoms with van der Waals surface area (Å²) in [6, 6.07) is -0.0379. The standard InChI is InChI=1S/C13H18ClN3O2/c1-13(2,7-14)9-6-8-4-5-10(9)17-12(19)15(3)11(18)16(8)17/h6,8,10H,4-5,7H2,1-3H3. The van der Waals surface area contributed by atoms with E-state index in [1.807, 2.05) is 0 Å². The van der Waals surface area contributed by atoms with E-state index in [1.165, 1.54) is 17.2 Å². The Morgan fingerprint density at radius 3 is 2.53 bits per heavy atom. The second-order valence-electron chi connectivity index (χ2n) is 6.11. The molecule has 3 heterocycles. The lowest BCUT2D eigenvalue weighted by atomic mass is 9.75. The average Bonchev–Trinajstić information content (AvgIpc) is 2.66. The maximum Gasteiger partial charge on any atom is 0.347 e. The smallest absolute Gasteiger partial charge is 0.246 e. The van der Waals surface area contributed by atoms with Crippen LogP contribution in [0.15, 0.2) is 21.2 Å². The Bertz CT molecular complexity index is 677. The summed E-state index contributed by atoms with van der Waals surface area (Å²) in [5.41, 5.74) is 0.586. The molecule has 3 aliphatic rings. The van der Waals surface area contributed by atoms with Crippen molar-refractivity contribution in [3.63, 3.8) is 0 Å². The molecule has 0 spiro atoms. The molecule has 0 fully saturated rings. The SMILES string of the molecule is Cn1c(=O)n2n(c1=O)C1CCC2C=C1C(C)(C)CCl. The molecule has 0 amide bonds. The molecule has 1 aromatic heterocycles. The van der Waals surface area contributed by atoms with Gasteiger partial charge in [0, 0.05) is 18.3 Å². The summed E-state index contributed by atoms with van der Waals surface area (Å²) >= 11 is 6.07. The molecule has 6 heteroatoms. The van der Waals surface area contributed by atoms with Gasteiger partial charge in [0.05, 0.1) is 12.1 Å². The Labute approximate surface area is 116 Å². The highest BCUT2D eigenvalue weighted by atomic mass is 35.5. The summed E-state index contributed by atoms with van der Waals surface area (Å²) in [6.45, 7) is 4.17. The van der Waals surface area contributed by atoms with E-state index in [-0.39, 0.29) is 28.9 Å². The number of hydrogen-bond donors (Lipinski definition) is 0. The van der Waals surface area contributed by atoms with E-state index >= 15 is 0 Å². The number of hydrogen-bond acceptors (Lipinski definition) is 2. The van der Waals surface area contributed by atoms with Gasteiger partial charge in [-0.15, -0.1) is 11.6 Å². The first-order chi connectivity index (χ1) is 8.88. The Morgan fingerprint density at radius 1 is 1.26 bits per heavy atom. The van der Waals surface area contributed by atoms with Gasteiger partial charge in [-0.1, -0.05) is 19.9 Å². The van der Waals surface area contributed by atoms with Gasteiger partial charge in [-0.2, -0.15) is 0 Å². The maximum atomic E-state index is 12.2. The molecule has 4 rings (SSSR count). The van der Waals surface area contributed by atoms with Crippen LogP contribution in [-0.2, 0) is 7.05 Å². The zero-order valence-electron chi connectivity index (χ0n) is 11.4. The summed E-state index contributed by atoms with van der Waals surface area (Å²) in [4.78, 5) is 24.3. The third-order valence-corrected chi connectivity index (χ3v) is 5.06. The fraction of sp³-hybridized carbons (Fsp3) is 0.692. The molecule has 2 bridgehead atoms. The zero-order valence-corrected chi connectivity index (χ0v) is 12.1. The largest absolute Gasteiger partial charge is 0.347 e. The molecule has 0 N–H and O–H groups in total. The topological polar surface area (TPSA) is 48.9 Å². The van der Waals surface area contributed by atoms with Crippen LogP contribution in [0.2, 0.25) is 0 Å². The quantitative estimate of drug-likeness (QED) is 0.609. The molecule has 2 aliphatic heterocycles. The lowest BCUT2D eigenvalue weighted by molar-refractivity contribution is 0.216. The normalized spacial score (nSPS) is 25.4. The Morgan fingerprint density at radius 2 is 1.89 bits per heavy atom. The first kappa shape index (κ1) is 12.8. The molecule has 0 saturated carbocycles. The van der Waals surface area contributed by atoms with E-state index in [9.17, 15) is 9.59 Å². The van der Waals surface area contributed by atoms with Gasteiger partial charge in [0.2, 0.25) is 0 Å². The zero-order chi connectivity index (χ0) is 13.9.